The minimum Gasteiger partial charge on any atom is -0.451 e. The van der Waals surface area contributed by atoms with Crippen LogP contribution in [0.5, 0.6) is 0 Å². The van der Waals surface area contributed by atoms with Gasteiger partial charge in [0.15, 0.2) is 17.2 Å². The maximum atomic E-state index is 12.8. The molecule has 4 rings (SSSR count). The zero-order valence-electron chi connectivity index (χ0n) is 18.6. The average molecular weight is 399 g/mol. The number of ketones is 2. The van der Waals surface area contributed by atoms with E-state index in [0.717, 1.165) is 25.7 Å². The minimum absolute atomic E-state index is 0.00105. The molecule has 0 bridgehead atoms. The first-order valence-corrected chi connectivity index (χ1v) is 11.1. The summed E-state index contributed by atoms with van der Waals surface area (Å²) in [6.45, 7) is 11.7. The fourth-order valence-electron chi connectivity index (χ4n) is 7.82. The van der Waals surface area contributed by atoms with Crippen LogP contribution in [0.3, 0.4) is 0 Å². The highest BCUT2D eigenvalue weighted by Crippen LogP contribution is 2.68. The first kappa shape index (κ1) is 20.6. The molecule has 4 nitrogen and oxygen atoms in total. The lowest BCUT2D eigenvalue weighted by Crippen LogP contribution is -2.58. The maximum Gasteiger partial charge on any atom is 0.303 e. The lowest BCUT2D eigenvalue weighted by Gasteiger charge is -2.58. The standard InChI is InChI=1S/C25H34O4/c1-14-11-18-19(23(5)13-15(2)22(28)12-21(14)23)7-9-24(6)20(18)8-10-25(24,16(3)26)29-17(4)27/h11-12,15,18-20H,7-10,13H2,1-6H3/t15-,18+,19+,20+,23+,24-,25+/m0/s1. The van der Waals surface area contributed by atoms with E-state index in [-0.39, 0.29) is 34.3 Å². The van der Waals surface area contributed by atoms with Crippen molar-refractivity contribution < 1.29 is 19.1 Å². The quantitative estimate of drug-likeness (QED) is 0.626. The molecule has 4 aliphatic carbocycles. The molecule has 0 aliphatic heterocycles. The van der Waals surface area contributed by atoms with Crippen LogP contribution in [0.4, 0.5) is 0 Å². The van der Waals surface area contributed by atoms with Gasteiger partial charge in [0.05, 0.1) is 0 Å². The third kappa shape index (κ3) is 2.60. The van der Waals surface area contributed by atoms with Crippen molar-refractivity contribution in [3.63, 3.8) is 0 Å². The first-order chi connectivity index (χ1) is 13.5. The van der Waals surface area contributed by atoms with Crippen LogP contribution in [0.1, 0.15) is 73.6 Å². The Kier molecular flexibility index (Phi) is 4.53. The molecule has 158 valence electrons. The molecular formula is C25H34O4. The Hall–Kier alpha value is -1.71. The van der Waals surface area contributed by atoms with Crippen LogP contribution in [-0.2, 0) is 19.1 Å². The highest BCUT2D eigenvalue weighted by Gasteiger charge is 2.67. The molecule has 0 saturated heterocycles. The summed E-state index contributed by atoms with van der Waals surface area (Å²) in [6.07, 6.45) is 8.56. The second-order valence-corrected chi connectivity index (χ2v) is 10.6. The number of carbonyl (C=O) groups excluding carboxylic acids is 3. The predicted octanol–water partition coefficient (Wildman–Crippen LogP) is 4.82. The normalized spacial score (nSPS) is 46.1. The number of Topliss-reactive ketones (excluding diaryl/α,β-unsaturated/α-hetero) is 1. The summed E-state index contributed by atoms with van der Waals surface area (Å²) in [5, 5.41) is 0. The van der Waals surface area contributed by atoms with Crippen molar-refractivity contribution in [2.24, 2.45) is 34.5 Å². The van der Waals surface area contributed by atoms with Gasteiger partial charge in [-0.05, 0) is 80.8 Å². The predicted molar refractivity (Wildman–Crippen MR) is 111 cm³/mol. The number of ether oxygens (including phenoxy) is 1. The zero-order chi connectivity index (χ0) is 21.4. The van der Waals surface area contributed by atoms with E-state index in [1.165, 1.54) is 18.1 Å². The molecule has 2 saturated carbocycles. The number of carbonyl (C=O) groups is 3. The Morgan fingerprint density at radius 2 is 1.76 bits per heavy atom. The number of allylic oxidation sites excluding steroid dienone is 4. The van der Waals surface area contributed by atoms with Gasteiger partial charge in [0, 0.05) is 18.3 Å². The van der Waals surface area contributed by atoms with Gasteiger partial charge in [-0.1, -0.05) is 32.4 Å². The van der Waals surface area contributed by atoms with Crippen LogP contribution in [0.2, 0.25) is 0 Å². The summed E-state index contributed by atoms with van der Waals surface area (Å²) in [6, 6.07) is 0. The Labute approximate surface area is 174 Å². The van der Waals surface area contributed by atoms with Gasteiger partial charge in [0.1, 0.15) is 0 Å². The summed E-state index contributed by atoms with van der Waals surface area (Å²) >= 11 is 0. The van der Waals surface area contributed by atoms with E-state index < -0.39 is 5.60 Å². The molecule has 0 aromatic rings. The van der Waals surface area contributed by atoms with Gasteiger partial charge in [0.2, 0.25) is 0 Å². The van der Waals surface area contributed by atoms with E-state index in [4.69, 9.17) is 4.74 Å². The van der Waals surface area contributed by atoms with Gasteiger partial charge in [-0.15, -0.1) is 0 Å². The average Bonchev–Trinajstić information content (AvgIpc) is 2.91. The minimum atomic E-state index is -0.997. The van der Waals surface area contributed by atoms with Crippen molar-refractivity contribution in [3.8, 4) is 0 Å². The van der Waals surface area contributed by atoms with Crippen molar-refractivity contribution in [3.05, 3.63) is 23.3 Å². The Balaban J connectivity index is 1.79. The first-order valence-electron chi connectivity index (χ1n) is 11.1. The van der Waals surface area contributed by atoms with Crippen LogP contribution in [0.25, 0.3) is 0 Å². The molecule has 0 N–H and O–H groups in total. The van der Waals surface area contributed by atoms with Crippen LogP contribution < -0.4 is 0 Å². The van der Waals surface area contributed by atoms with E-state index in [2.05, 4.69) is 26.8 Å². The molecule has 0 heterocycles. The molecule has 4 heteroatoms. The van der Waals surface area contributed by atoms with Gasteiger partial charge < -0.3 is 4.74 Å². The summed E-state index contributed by atoms with van der Waals surface area (Å²) in [5.41, 5.74) is 1.10. The van der Waals surface area contributed by atoms with Gasteiger partial charge in [0.25, 0.3) is 0 Å². The van der Waals surface area contributed by atoms with E-state index in [1.54, 1.807) is 6.92 Å². The molecule has 7 atom stereocenters. The molecule has 0 aromatic carbocycles. The number of esters is 1. The molecule has 0 unspecified atom stereocenters. The fourth-order valence-corrected chi connectivity index (χ4v) is 7.82. The Morgan fingerprint density at radius 1 is 1.10 bits per heavy atom. The highest BCUT2D eigenvalue weighted by molar-refractivity contribution is 5.94. The molecule has 0 radical (unpaired) electrons. The van der Waals surface area contributed by atoms with Crippen molar-refractivity contribution in [2.75, 3.05) is 0 Å². The number of hydrogen-bond donors (Lipinski definition) is 0. The largest absolute Gasteiger partial charge is 0.451 e. The summed E-state index contributed by atoms with van der Waals surface area (Å²) in [5.74, 6) is 1.05. The smallest absolute Gasteiger partial charge is 0.303 e. The van der Waals surface area contributed by atoms with E-state index in [0.29, 0.717) is 24.2 Å². The number of hydrogen-bond acceptors (Lipinski definition) is 4. The molecule has 0 spiro atoms. The van der Waals surface area contributed by atoms with E-state index in [9.17, 15) is 14.4 Å². The Morgan fingerprint density at radius 3 is 2.38 bits per heavy atom. The topological polar surface area (TPSA) is 60.4 Å². The molecule has 0 aromatic heterocycles. The van der Waals surface area contributed by atoms with Crippen LogP contribution in [0, 0.1) is 34.5 Å². The summed E-state index contributed by atoms with van der Waals surface area (Å²) in [7, 11) is 0. The lowest BCUT2D eigenvalue weighted by molar-refractivity contribution is -0.185. The summed E-state index contributed by atoms with van der Waals surface area (Å²) in [4.78, 5) is 37.2. The third-order valence-electron chi connectivity index (χ3n) is 9.14. The fraction of sp³-hybridized carbons (Fsp3) is 0.720. The van der Waals surface area contributed by atoms with Crippen molar-refractivity contribution in [1.29, 1.82) is 0 Å². The summed E-state index contributed by atoms with van der Waals surface area (Å²) < 4.78 is 5.84. The van der Waals surface area contributed by atoms with Crippen LogP contribution >= 0.6 is 0 Å². The van der Waals surface area contributed by atoms with Gasteiger partial charge >= 0.3 is 5.97 Å². The molecule has 29 heavy (non-hydrogen) atoms. The molecule has 2 fully saturated rings. The maximum absolute atomic E-state index is 12.8. The molecular weight excluding hydrogens is 364 g/mol. The van der Waals surface area contributed by atoms with Crippen molar-refractivity contribution in [1.82, 2.24) is 0 Å². The zero-order valence-corrected chi connectivity index (χ0v) is 18.6. The lowest BCUT2D eigenvalue weighted by atomic mass is 9.46. The van der Waals surface area contributed by atoms with Crippen molar-refractivity contribution in [2.45, 2.75) is 79.2 Å². The Bertz CT molecular complexity index is 851. The van der Waals surface area contributed by atoms with Gasteiger partial charge in [-0.2, -0.15) is 0 Å². The van der Waals surface area contributed by atoms with Crippen molar-refractivity contribution >= 4 is 17.5 Å². The number of fused-ring (bicyclic) bond motifs is 5. The molecule has 4 aliphatic rings. The van der Waals surface area contributed by atoms with Crippen LogP contribution in [-0.4, -0.2) is 23.1 Å². The van der Waals surface area contributed by atoms with Gasteiger partial charge in [-0.3, -0.25) is 14.4 Å². The van der Waals surface area contributed by atoms with E-state index >= 15 is 0 Å². The second-order valence-electron chi connectivity index (χ2n) is 10.6. The van der Waals surface area contributed by atoms with E-state index in [1.807, 2.05) is 13.0 Å². The molecule has 0 amide bonds. The monoisotopic (exact) mass is 398 g/mol. The highest BCUT2D eigenvalue weighted by atomic mass is 16.6. The van der Waals surface area contributed by atoms with Crippen LogP contribution in [0.15, 0.2) is 23.3 Å². The second kappa shape index (κ2) is 6.39. The van der Waals surface area contributed by atoms with Gasteiger partial charge in [-0.25, -0.2) is 0 Å². The third-order valence-corrected chi connectivity index (χ3v) is 9.14. The number of rotatable bonds is 2. The SMILES string of the molecule is CC(=O)O[C@@]1(C(C)=O)CC[C@@H]2[C@@H]3C=C(C)C4=CC(=O)[C@@H](C)C[C@]4(C)[C@@H]3CC[C@@]21C.